The van der Waals surface area contributed by atoms with Crippen molar-refractivity contribution in [3.63, 3.8) is 0 Å². The predicted molar refractivity (Wildman–Crippen MR) is 64.7 cm³/mol. The molecule has 1 aliphatic rings. The maximum atomic E-state index is 8.85. The van der Waals surface area contributed by atoms with Crippen molar-refractivity contribution in [1.82, 2.24) is 0 Å². The molecular formula is C12H22OS. The van der Waals surface area contributed by atoms with Crippen molar-refractivity contribution in [1.29, 1.82) is 0 Å². The summed E-state index contributed by atoms with van der Waals surface area (Å²) in [5.74, 6) is 1.74. The van der Waals surface area contributed by atoms with Crippen molar-refractivity contribution in [2.75, 3.05) is 12.4 Å². The molecule has 1 rings (SSSR count). The second-order valence-corrected chi connectivity index (χ2v) is 5.80. The molecule has 1 nitrogen and oxygen atoms in total. The van der Waals surface area contributed by atoms with Gasteiger partial charge in [0.1, 0.15) is 0 Å². The fourth-order valence-corrected chi connectivity index (χ4v) is 3.53. The van der Waals surface area contributed by atoms with Crippen LogP contribution in [0.5, 0.6) is 0 Å². The van der Waals surface area contributed by atoms with E-state index in [1.807, 2.05) is 11.8 Å². The van der Waals surface area contributed by atoms with Gasteiger partial charge < -0.3 is 5.11 Å². The third kappa shape index (κ3) is 3.32. The minimum atomic E-state index is 0.311. The number of aliphatic hydroxyl groups is 1. The Morgan fingerprint density at radius 2 is 2.21 bits per heavy atom. The Bertz CT molecular complexity index is 206. The van der Waals surface area contributed by atoms with Crippen LogP contribution in [0.1, 0.15) is 40.0 Å². The summed E-state index contributed by atoms with van der Waals surface area (Å²) in [6.07, 6.45) is 3.91. The van der Waals surface area contributed by atoms with Gasteiger partial charge in [0.05, 0.1) is 6.61 Å². The minimum Gasteiger partial charge on any atom is -0.396 e. The fraction of sp³-hybridized carbons (Fsp3) is 0.833. The van der Waals surface area contributed by atoms with Crippen LogP contribution >= 0.6 is 11.8 Å². The Labute approximate surface area is 92.0 Å². The van der Waals surface area contributed by atoms with Gasteiger partial charge in [-0.05, 0) is 39.0 Å². The van der Waals surface area contributed by atoms with Crippen LogP contribution in [-0.2, 0) is 0 Å². The van der Waals surface area contributed by atoms with Gasteiger partial charge in [-0.3, -0.25) is 0 Å². The topological polar surface area (TPSA) is 20.2 Å². The van der Waals surface area contributed by atoms with E-state index in [1.54, 1.807) is 5.57 Å². The quantitative estimate of drug-likeness (QED) is 0.728. The van der Waals surface area contributed by atoms with Crippen molar-refractivity contribution in [2.24, 2.45) is 5.92 Å². The van der Waals surface area contributed by atoms with Crippen LogP contribution in [0.25, 0.3) is 0 Å². The lowest BCUT2D eigenvalue weighted by atomic mass is 9.85. The average molecular weight is 214 g/mol. The number of hydrogen-bond acceptors (Lipinski definition) is 2. The van der Waals surface area contributed by atoms with Crippen molar-refractivity contribution in [3.8, 4) is 0 Å². The van der Waals surface area contributed by atoms with E-state index >= 15 is 0 Å². The van der Waals surface area contributed by atoms with Crippen LogP contribution in [0.4, 0.5) is 0 Å². The highest BCUT2D eigenvalue weighted by atomic mass is 32.2. The molecule has 1 saturated carbocycles. The van der Waals surface area contributed by atoms with Gasteiger partial charge in [-0.25, -0.2) is 0 Å². The first-order valence-corrected chi connectivity index (χ1v) is 6.58. The van der Waals surface area contributed by atoms with Gasteiger partial charge in [-0.15, -0.1) is 0 Å². The summed E-state index contributed by atoms with van der Waals surface area (Å²) in [6, 6.07) is 0. The van der Waals surface area contributed by atoms with Gasteiger partial charge in [-0.2, -0.15) is 11.8 Å². The summed E-state index contributed by atoms with van der Waals surface area (Å²) in [6.45, 7) is 7.09. The highest BCUT2D eigenvalue weighted by molar-refractivity contribution is 8.00. The van der Waals surface area contributed by atoms with Gasteiger partial charge in [0.25, 0.3) is 0 Å². The van der Waals surface area contributed by atoms with E-state index in [1.165, 1.54) is 24.8 Å². The van der Waals surface area contributed by atoms with Gasteiger partial charge in [-0.1, -0.05) is 18.1 Å². The van der Waals surface area contributed by atoms with E-state index < -0.39 is 0 Å². The summed E-state index contributed by atoms with van der Waals surface area (Å²) >= 11 is 1.93. The van der Waals surface area contributed by atoms with Gasteiger partial charge in [0.15, 0.2) is 0 Å². The molecule has 2 atom stereocenters. The summed E-state index contributed by atoms with van der Waals surface area (Å²) in [4.78, 5) is 0. The number of aliphatic hydroxyl groups excluding tert-OH is 1. The zero-order valence-corrected chi connectivity index (χ0v) is 10.4. The highest BCUT2D eigenvalue weighted by Gasteiger charge is 2.23. The van der Waals surface area contributed by atoms with Crippen molar-refractivity contribution >= 4 is 11.8 Å². The Balaban J connectivity index is 2.60. The third-order valence-corrected chi connectivity index (χ3v) is 4.26. The predicted octanol–water partition coefficient (Wildman–Crippen LogP) is 3.24. The number of rotatable bonds is 3. The fourth-order valence-electron chi connectivity index (χ4n) is 2.12. The van der Waals surface area contributed by atoms with Crippen LogP contribution in [0.2, 0.25) is 0 Å². The monoisotopic (exact) mass is 214 g/mol. The lowest BCUT2D eigenvalue weighted by Gasteiger charge is -2.30. The molecule has 0 heterocycles. The highest BCUT2D eigenvalue weighted by Crippen LogP contribution is 2.37. The summed E-state index contributed by atoms with van der Waals surface area (Å²) in [5.41, 5.74) is 3.13. The van der Waals surface area contributed by atoms with Crippen molar-refractivity contribution in [2.45, 2.75) is 45.3 Å². The first-order valence-electron chi connectivity index (χ1n) is 5.53. The van der Waals surface area contributed by atoms with Gasteiger partial charge in [0, 0.05) is 11.0 Å². The van der Waals surface area contributed by atoms with Crippen molar-refractivity contribution in [3.05, 3.63) is 11.1 Å². The molecule has 0 spiro atoms. The molecule has 0 radical (unpaired) electrons. The maximum Gasteiger partial charge on any atom is 0.0521 e. The van der Waals surface area contributed by atoms with Crippen LogP contribution < -0.4 is 0 Å². The standard InChI is InChI=1S/C12H22OS/c1-9(2)11-5-4-10(3)8-12(11)14-7-6-13/h10,12-13H,4-8H2,1-3H3/t10-,12?/m1/s1. The minimum absolute atomic E-state index is 0.311. The first kappa shape index (κ1) is 12.1. The number of thioether (sulfide) groups is 1. The van der Waals surface area contributed by atoms with Crippen LogP contribution in [0.3, 0.4) is 0 Å². The molecule has 0 saturated heterocycles. The summed E-state index contributed by atoms with van der Waals surface area (Å²) < 4.78 is 0. The van der Waals surface area contributed by atoms with E-state index in [9.17, 15) is 0 Å². The van der Waals surface area contributed by atoms with Crippen LogP contribution in [0, 0.1) is 5.92 Å². The Kier molecular flexibility index (Phi) is 5.04. The molecule has 0 aromatic heterocycles. The van der Waals surface area contributed by atoms with E-state index in [-0.39, 0.29) is 0 Å². The molecule has 14 heavy (non-hydrogen) atoms. The average Bonchev–Trinajstić information content (AvgIpc) is 2.14. The SMILES string of the molecule is CC(C)=C1CC[C@@H](C)CC1SCCO. The lowest BCUT2D eigenvalue weighted by Crippen LogP contribution is -2.20. The van der Waals surface area contributed by atoms with Crippen LogP contribution in [-0.4, -0.2) is 22.7 Å². The van der Waals surface area contributed by atoms with Gasteiger partial charge >= 0.3 is 0 Å². The first-order chi connectivity index (χ1) is 6.65. The van der Waals surface area contributed by atoms with Crippen molar-refractivity contribution < 1.29 is 5.11 Å². The Hall–Kier alpha value is 0.0500. The largest absolute Gasteiger partial charge is 0.396 e. The smallest absolute Gasteiger partial charge is 0.0521 e. The second kappa shape index (κ2) is 5.82. The Morgan fingerprint density at radius 3 is 2.79 bits per heavy atom. The van der Waals surface area contributed by atoms with Gasteiger partial charge in [0.2, 0.25) is 0 Å². The lowest BCUT2D eigenvalue weighted by molar-refractivity contribution is 0.322. The molecule has 0 bridgehead atoms. The number of allylic oxidation sites excluding steroid dienone is 1. The summed E-state index contributed by atoms with van der Waals surface area (Å²) in [7, 11) is 0. The van der Waals surface area contributed by atoms with E-state index in [4.69, 9.17) is 5.11 Å². The van der Waals surface area contributed by atoms with E-state index in [0.717, 1.165) is 11.7 Å². The molecule has 0 aliphatic heterocycles. The van der Waals surface area contributed by atoms with E-state index in [0.29, 0.717) is 11.9 Å². The molecule has 82 valence electrons. The molecule has 0 amide bonds. The summed E-state index contributed by atoms with van der Waals surface area (Å²) in [5, 5.41) is 9.53. The molecule has 2 heteroatoms. The zero-order chi connectivity index (χ0) is 10.6. The molecule has 0 aromatic carbocycles. The molecular weight excluding hydrogens is 192 g/mol. The third-order valence-electron chi connectivity index (χ3n) is 2.96. The molecule has 0 aromatic rings. The zero-order valence-electron chi connectivity index (χ0n) is 9.55. The van der Waals surface area contributed by atoms with Crippen LogP contribution in [0.15, 0.2) is 11.1 Å². The molecule has 1 fully saturated rings. The molecule has 1 N–H and O–H groups in total. The molecule has 1 aliphatic carbocycles. The number of hydrogen-bond donors (Lipinski definition) is 1. The normalized spacial score (nSPS) is 27.9. The molecule has 1 unspecified atom stereocenters. The Morgan fingerprint density at radius 1 is 1.50 bits per heavy atom. The maximum absolute atomic E-state index is 8.85. The van der Waals surface area contributed by atoms with E-state index in [2.05, 4.69) is 20.8 Å². The second-order valence-electron chi connectivity index (χ2n) is 4.49.